The van der Waals surface area contributed by atoms with Crippen LogP contribution in [-0.4, -0.2) is 15.2 Å². The third-order valence-electron chi connectivity index (χ3n) is 2.76. The first-order chi connectivity index (χ1) is 10.4. The van der Waals surface area contributed by atoms with Gasteiger partial charge in [-0.25, -0.2) is 0 Å². The van der Waals surface area contributed by atoms with Crippen molar-refractivity contribution in [2.75, 3.05) is 5.32 Å². The molecule has 106 valence electrons. The van der Waals surface area contributed by atoms with E-state index in [1.165, 1.54) is 5.56 Å². The second-order valence-electron chi connectivity index (χ2n) is 4.32. The Labute approximate surface area is 131 Å². The van der Waals surface area contributed by atoms with Crippen LogP contribution in [0.4, 0.5) is 5.13 Å². The molecule has 0 aliphatic heterocycles. The van der Waals surface area contributed by atoms with Crippen LogP contribution >= 0.6 is 23.1 Å². The SMILES string of the molecule is c1ccc(CNc2nnc(SCc3ccccn3)s2)cc1. The lowest BCUT2D eigenvalue weighted by atomic mass is 10.2. The van der Waals surface area contributed by atoms with Crippen LogP contribution in [0.5, 0.6) is 0 Å². The Morgan fingerprint density at radius 2 is 1.86 bits per heavy atom. The molecule has 0 fully saturated rings. The van der Waals surface area contributed by atoms with Crippen molar-refractivity contribution in [3.8, 4) is 0 Å². The van der Waals surface area contributed by atoms with Gasteiger partial charge >= 0.3 is 0 Å². The summed E-state index contributed by atoms with van der Waals surface area (Å²) in [6.45, 7) is 0.764. The maximum absolute atomic E-state index is 4.30. The Morgan fingerprint density at radius 1 is 1.00 bits per heavy atom. The van der Waals surface area contributed by atoms with Crippen molar-refractivity contribution in [1.29, 1.82) is 0 Å². The van der Waals surface area contributed by atoms with Gasteiger partial charge in [0, 0.05) is 18.5 Å². The summed E-state index contributed by atoms with van der Waals surface area (Å²) >= 11 is 3.23. The lowest BCUT2D eigenvalue weighted by molar-refractivity contribution is 0.994. The van der Waals surface area contributed by atoms with Gasteiger partial charge in [0.05, 0.1) is 5.69 Å². The summed E-state index contributed by atoms with van der Waals surface area (Å²) in [6.07, 6.45) is 1.81. The Balaban J connectivity index is 1.52. The summed E-state index contributed by atoms with van der Waals surface area (Å²) in [7, 11) is 0. The van der Waals surface area contributed by atoms with Crippen LogP contribution in [0.2, 0.25) is 0 Å². The van der Waals surface area contributed by atoms with Crippen molar-refractivity contribution in [3.63, 3.8) is 0 Å². The molecule has 1 N–H and O–H groups in total. The zero-order chi connectivity index (χ0) is 14.3. The summed E-state index contributed by atoms with van der Waals surface area (Å²) in [6, 6.07) is 16.2. The highest BCUT2D eigenvalue weighted by atomic mass is 32.2. The second kappa shape index (κ2) is 7.19. The van der Waals surface area contributed by atoms with Gasteiger partial charge in [-0.3, -0.25) is 4.98 Å². The van der Waals surface area contributed by atoms with E-state index in [1.54, 1.807) is 23.1 Å². The van der Waals surface area contributed by atoms with Crippen molar-refractivity contribution >= 4 is 28.2 Å². The Kier molecular flexibility index (Phi) is 4.81. The fraction of sp³-hybridized carbons (Fsp3) is 0.133. The van der Waals surface area contributed by atoms with E-state index in [-0.39, 0.29) is 0 Å². The van der Waals surface area contributed by atoms with E-state index in [4.69, 9.17) is 0 Å². The molecular formula is C15H14N4S2. The van der Waals surface area contributed by atoms with Gasteiger partial charge < -0.3 is 5.32 Å². The van der Waals surface area contributed by atoms with E-state index in [0.717, 1.165) is 27.5 Å². The number of pyridine rings is 1. The topological polar surface area (TPSA) is 50.7 Å². The van der Waals surface area contributed by atoms with Crippen LogP contribution in [0, 0.1) is 0 Å². The van der Waals surface area contributed by atoms with E-state index >= 15 is 0 Å². The van der Waals surface area contributed by atoms with Crippen molar-refractivity contribution in [1.82, 2.24) is 15.2 Å². The first kappa shape index (κ1) is 14.0. The molecule has 0 bridgehead atoms. The average molecular weight is 314 g/mol. The van der Waals surface area contributed by atoms with E-state index in [1.807, 2.05) is 42.6 Å². The van der Waals surface area contributed by atoms with Crippen LogP contribution in [0.1, 0.15) is 11.3 Å². The summed E-state index contributed by atoms with van der Waals surface area (Å²) in [5.41, 5.74) is 2.28. The third kappa shape index (κ3) is 4.27. The molecule has 6 heteroatoms. The molecule has 2 aromatic heterocycles. The predicted molar refractivity (Wildman–Crippen MR) is 87.5 cm³/mol. The number of benzene rings is 1. The number of anilines is 1. The van der Waals surface area contributed by atoms with Crippen molar-refractivity contribution in [3.05, 3.63) is 66.0 Å². The van der Waals surface area contributed by atoms with Crippen LogP contribution in [0.15, 0.2) is 59.1 Å². The van der Waals surface area contributed by atoms with Crippen molar-refractivity contribution < 1.29 is 0 Å². The zero-order valence-electron chi connectivity index (χ0n) is 11.3. The number of aromatic nitrogens is 3. The molecule has 0 saturated heterocycles. The minimum atomic E-state index is 0.764. The minimum Gasteiger partial charge on any atom is -0.356 e. The molecule has 0 atom stereocenters. The molecule has 4 nitrogen and oxygen atoms in total. The van der Waals surface area contributed by atoms with E-state index in [0.29, 0.717) is 0 Å². The van der Waals surface area contributed by atoms with E-state index in [2.05, 4.69) is 32.6 Å². The van der Waals surface area contributed by atoms with E-state index in [9.17, 15) is 0 Å². The fourth-order valence-electron chi connectivity index (χ4n) is 1.73. The highest BCUT2D eigenvalue weighted by molar-refractivity contribution is 8.00. The normalized spacial score (nSPS) is 10.5. The number of nitrogens with zero attached hydrogens (tertiary/aromatic N) is 3. The summed E-state index contributed by atoms with van der Waals surface area (Å²) in [5.74, 6) is 0.814. The zero-order valence-corrected chi connectivity index (χ0v) is 12.9. The molecule has 2 heterocycles. The molecular weight excluding hydrogens is 300 g/mol. The largest absolute Gasteiger partial charge is 0.356 e. The number of hydrogen-bond acceptors (Lipinski definition) is 6. The van der Waals surface area contributed by atoms with Gasteiger partial charge in [0.15, 0.2) is 4.34 Å². The molecule has 0 radical (unpaired) electrons. The number of thioether (sulfide) groups is 1. The Hall–Kier alpha value is -1.92. The Morgan fingerprint density at radius 3 is 2.67 bits per heavy atom. The smallest absolute Gasteiger partial charge is 0.206 e. The lowest BCUT2D eigenvalue weighted by Crippen LogP contribution is -1.98. The van der Waals surface area contributed by atoms with Gasteiger partial charge in [0.1, 0.15) is 0 Å². The molecule has 3 aromatic rings. The van der Waals surface area contributed by atoms with Gasteiger partial charge in [0.25, 0.3) is 0 Å². The Bertz CT molecular complexity index is 612. The molecule has 0 spiro atoms. The van der Waals surface area contributed by atoms with Crippen molar-refractivity contribution in [2.45, 2.75) is 16.6 Å². The van der Waals surface area contributed by atoms with Gasteiger partial charge in [-0.05, 0) is 17.7 Å². The molecule has 0 aliphatic carbocycles. The number of rotatable bonds is 6. The maximum Gasteiger partial charge on any atom is 0.206 e. The summed E-state index contributed by atoms with van der Waals surface area (Å²) in [5, 5.41) is 12.5. The molecule has 1 aromatic carbocycles. The van der Waals surface area contributed by atoms with Crippen molar-refractivity contribution in [2.24, 2.45) is 0 Å². The van der Waals surface area contributed by atoms with E-state index < -0.39 is 0 Å². The van der Waals surface area contributed by atoms with Crippen LogP contribution in [0.25, 0.3) is 0 Å². The average Bonchev–Trinajstić information content (AvgIpc) is 3.01. The third-order valence-corrected chi connectivity index (χ3v) is 4.81. The standard InChI is InChI=1S/C15H14N4S2/c1-2-6-12(7-3-1)10-17-14-18-19-15(21-14)20-11-13-8-4-5-9-16-13/h1-9H,10-11H2,(H,17,18). The molecule has 21 heavy (non-hydrogen) atoms. The van der Waals surface area contributed by atoms with Gasteiger partial charge in [-0.2, -0.15) is 0 Å². The second-order valence-corrected chi connectivity index (χ2v) is 6.52. The number of hydrogen-bond donors (Lipinski definition) is 1. The van der Waals surface area contributed by atoms with Gasteiger partial charge in [-0.1, -0.05) is 59.5 Å². The molecule has 0 unspecified atom stereocenters. The molecule has 0 amide bonds. The summed E-state index contributed by atoms with van der Waals surface area (Å²) in [4.78, 5) is 4.30. The van der Waals surface area contributed by atoms with Gasteiger partial charge in [0.2, 0.25) is 5.13 Å². The molecule has 0 aliphatic rings. The highest BCUT2D eigenvalue weighted by Gasteiger charge is 2.05. The monoisotopic (exact) mass is 314 g/mol. The predicted octanol–water partition coefficient (Wildman–Crippen LogP) is 3.84. The minimum absolute atomic E-state index is 0.764. The lowest BCUT2D eigenvalue weighted by Gasteiger charge is -2.00. The van der Waals surface area contributed by atoms with Crippen LogP contribution < -0.4 is 5.32 Å². The number of nitrogens with one attached hydrogen (secondary N) is 1. The molecule has 0 saturated carbocycles. The van der Waals surface area contributed by atoms with Gasteiger partial charge in [-0.15, -0.1) is 10.2 Å². The van der Waals surface area contributed by atoms with Crippen LogP contribution in [-0.2, 0) is 12.3 Å². The highest BCUT2D eigenvalue weighted by Crippen LogP contribution is 2.27. The molecule has 3 rings (SSSR count). The summed E-state index contributed by atoms with van der Waals surface area (Å²) < 4.78 is 0.955. The fourth-order valence-corrected chi connectivity index (χ4v) is 3.40. The quantitative estimate of drug-likeness (QED) is 0.701. The maximum atomic E-state index is 4.30. The van der Waals surface area contributed by atoms with Crippen LogP contribution in [0.3, 0.4) is 0 Å². The first-order valence-corrected chi connectivity index (χ1v) is 8.34. The first-order valence-electron chi connectivity index (χ1n) is 6.54.